The number of hydrogen-bond donors (Lipinski definition) is 3. The van der Waals surface area contributed by atoms with Crippen molar-refractivity contribution >= 4 is 5.91 Å². The van der Waals surface area contributed by atoms with E-state index < -0.39 is 0 Å². The van der Waals surface area contributed by atoms with Gasteiger partial charge in [-0.2, -0.15) is 0 Å². The lowest BCUT2D eigenvalue weighted by Gasteiger charge is -2.04. The lowest BCUT2D eigenvalue weighted by Crippen LogP contribution is -2.25. The van der Waals surface area contributed by atoms with Gasteiger partial charge in [0.05, 0.1) is 0 Å². The molecule has 0 heterocycles. The monoisotopic (exact) mass is 236 g/mol. The quantitative estimate of drug-likeness (QED) is 0.622. The van der Waals surface area contributed by atoms with Crippen LogP contribution in [0.1, 0.15) is 24.8 Å². The standard InChI is InChI=1S/C13H20N2O2/c14-9-1-2-10-15-13(17)8-5-11-3-6-12(16)7-4-11/h3-4,6-7,16H,1-2,5,8-10,14H2,(H,15,17). The van der Waals surface area contributed by atoms with Gasteiger partial charge in [0.2, 0.25) is 5.91 Å². The van der Waals surface area contributed by atoms with Crippen molar-refractivity contribution in [3.05, 3.63) is 29.8 Å². The molecule has 4 nitrogen and oxygen atoms in total. The van der Waals surface area contributed by atoms with E-state index in [9.17, 15) is 4.79 Å². The third kappa shape index (κ3) is 5.92. The van der Waals surface area contributed by atoms with Gasteiger partial charge >= 0.3 is 0 Å². The number of rotatable bonds is 7. The predicted octanol–water partition coefficient (Wildman–Crippen LogP) is 1.18. The smallest absolute Gasteiger partial charge is 0.220 e. The maximum atomic E-state index is 11.5. The Labute approximate surface area is 102 Å². The molecule has 0 spiro atoms. The molecule has 0 aliphatic rings. The minimum atomic E-state index is 0.0649. The fourth-order valence-electron chi connectivity index (χ4n) is 1.51. The van der Waals surface area contributed by atoms with Crippen LogP contribution in [-0.4, -0.2) is 24.1 Å². The molecular formula is C13H20N2O2. The van der Waals surface area contributed by atoms with Gasteiger partial charge in [-0.1, -0.05) is 12.1 Å². The van der Waals surface area contributed by atoms with E-state index in [1.54, 1.807) is 12.1 Å². The summed E-state index contributed by atoms with van der Waals surface area (Å²) in [5, 5.41) is 12.0. The number of phenolic OH excluding ortho intramolecular Hbond substituents is 1. The second-order valence-electron chi connectivity index (χ2n) is 4.01. The largest absolute Gasteiger partial charge is 0.508 e. The molecule has 0 unspecified atom stereocenters. The van der Waals surface area contributed by atoms with E-state index in [-0.39, 0.29) is 11.7 Å². The Hall–Kier alpha value is -1.55. The van der Waals surface area contributed by atoms with E-state index in [0.717, 1.165) is 18.4 Å². The van der Waals surface area contributed by atoms with Crippen molar-refractivity contribution < 1.29 is 9.90 Å². The summed E-state index contributed by atoms with van der Waals surface area (Å²) in [7, 11) is 0. The number of carbonyl (C=O) groups is 1. The highest BCUT2D eigenvalue weighted by Crippen LogP contribution is 2.10. The molecule has 4 N–H and O–H groups in total. The molecule has 94 valence electrons. The third-order valence-electron chi connectivity index (χ3n) is 2.53. The molecule has 0 aliphatic carbocycles. The van der Waals surface area contributed by atoms with Crippen molar-refractivity contribution in [1.82, 2.24) is 5.32 Å². The van der Waals surface area contributed by atoms with Gasteiger partial charge in [-0.05, 0) is 43.5 Å². The lowest BCUT2D eigenvalue weighted by molar-refractivity contribution is -0.121. The number of nitrogens with two attached hydrogens (primary N) is 1. The summed E-state index contributed by atoms with van der Waals surface area (Å²) in [5.41, 5.74) is 6.41. The Balaban J connectivity index is 2.17. The van der Waals surface area contributed by atoms with Gasteiger partial charge in [-0.15, -0.1) is 0 Å². The molecule has 0 fully saturated rings. The van der Waals surface area contributed by atoms with E-state index in [4.69, 9.17) is 10.8 Å². The summed E-state index contributed by atoms with van der Waals surface area (Å²) < 4.78 is 0. The number of phenols is 1. The highest BCUT2D eigenvalue weighted by molar-refractivity contribution is 5.76. The third-order valence-corrected chi connectivity index (χ3v) is 2.53. The molecule has 17 heavy (non-hydrogen) atoms. The van der Waals surface area contributed by atoms with Crippen LogP contribution in [0.4, 0.5) is 0 Å². The van der Waals surface area contributed by atoms with Crippen LogP contribution < -0.4 is 11.1 Å². The number of benzene rings is 1. The van der Waals surface area contributed by atoms with E-state index in [1.807, 2.05) is 12.1 Å². The van der Waals surface area contributed by atoms with Crippen LogP contribution in [-0.2, 0) is 11.2 Å². The van der Waals surface area contributed by atoms with Crippen LogP contribution in [0.5, 0.6) is 5.75 Å². The van der Waals surface area contributed by atoms with Crippen molar-refractivity contribution in [2.75, 3.05) is 13.1 Å². The molecule has 1 rings (SSSR count). The van der Waals surface area contributed by atoms with Crippen molar-refractivity contribution in [2.24, 2.45) is 5.73 Å². The van der Waals surface area contributed by atoms with E-state index in [2.05, 4.69) is 5.32 Å². The SMILES string of the molecule is NCCCCNC(=O)CCc1ccc(O)cc1. The van der Waals surface area contributed by atoms with Crippen LogP contribution in [0.3, 0.4) is 0 Å². The molecule has 1 amide bonds. The number of aryl methyl sites for hydroxylation is 1. The molecule has 0 aromatic heterocycles. The Kier molecular flexibility index (Phi) is 6.10. The van der Waals surface area contributed by atoms with Crippen LogP contribution in [0.15, 0.2) is 24.3 Å². The second kappa shape index (κ2) is 7.68. The number of nitrogens with one attached hydrogen (secondary N) is 1. The summed E-state index contributed by atoms with van der Waals surface area (Å²) in [4.78, 5) is 11.5. The molecule has 0 saturated carbocycles. The number of amides is 1. The first kappa shape index (κ1) is 13.5. The van der Waals surface area contributed by atoms with E-state index in [0.29, 0.717) is 25.9 Å². The molecule has 0 aliphatic heterocycles. The predicted molar refractivity (Wildman–Crippen MR) is 67.7 cm³/mol. The van der Waals surface area contributed by atoms with E-state index in [1.165, 1.54) is 0 Å². The van der Waals surface area contributed by atoms with Crippen LogP contribution in [0.25, 0.3) is 0 Å². The topological polar surface area (TPSA) is 75.3 Å². The number of hydrogen-bond acceptors (Lipinski definition) is 3. The Morgan fingerprint density at radius 3 is 2.59 bits per heavy atom. The Morgan fingerprint density at radius 2 is 1.94 bits per heavy atom. The Morgan fingerprint density at radius 1 is 1.24 bits per heavy atom. The lowest BCUT2D eigenvalue weighted by atomic mass is 10.1. The average molecular weight is 236 g/mol. The first-order valence-electron chi connectivity index (χ1n) is 5.97. The zero-order valence-electron chi connectivity index (χ0n) is 9.98. The van der Waals surface area contributed by atoms with Gasteiger partial charge in [0.1, 0.15) is 5.75 Å². The summed E-state index contributed by atoms with van der Waals surface area (Å²) in [5.74, 6) is 0.315. The minimum Gasteiger partial charge on any atom is -0.508 e. The first-order chi connectivity index (χ1) is 8.22. The number of carbonyl (C=O) groups excluding carboxylic acids is 1. The zero-order chi connectivity index (χ0) is 12.5. The summed E-state index contributed by atoms with van der Waals surface area (Å²) in [6.07, 6.45) is 3.05. The first-order valence-corrected chi connectivity index (χ1v) is 5.97. The van der Waals surface area contributed by atoms with Crippen LogP contribution in [0.2, 0.25) is 0 Å². The molecule has 4 heteroatoms. The average Bonchev–Trinajstić information content (AvgIpc) is 2.34. The van der Waals surface area contributed by atoms with E-state index >= 15 is 0 Å². The van der Waals surface area contributed by atoms with Gasteiger partial charge in [-0.3, -0.25) is 4.79 Å². The van der Waals surface area contributed by atoms with Gasteiger partial charge in [0.15, 0.2) is 0 Å². The molecule has 0 saturated heterocycles. The van der Waals surface area contributed by atoms with Crippen molar-refractivity contribution in [3.63, 3.8) is 0 Å². The van der Waals surface area contributed by atoms with Crippen molar-refractivity contribution in [3.8, 4) is 5.75 Å². The van der Waals surface area contributed by atoms with Gasteiger partial charge in [0.25, 0.3) is 0 Å². The number of unbranched alkanes of at least 4 members (excludes halogenated alkanes) is 1. The highest BCUT2D eigenvalue weighted by atomic mass is 16.3. The maximum Gasteiger partial charge on any atom is 0.220 e. The van der Waals surface area contributed by atoms with Gasteiger partial charge in [0, 0.05) is 13.0 Å². The molecule has 0 bridgehead atoms. The molecular weight excluding hydrogens is 216 g/mol. The molecule has 1 aromatic carbocycles. The molecule has 0 radical (unpaired) electrons. The van der Waals surface area contributed by atoms with Crippen LogP contribution in [0, 0.1) is 0 Å². The summed E-state index contributed by atoms with van der Waals surface area (Å²) >= 11 is 0. The normalized spacial score (nSPS) is 10.2. The number of aromatic hydroxyl groups is 1. The van der Waals surface area contributed by atoms with Gasteiger partial charge in [-0.25, -0.2) is 0 Å². The maximum absolute atomic E-state index is 11.5. The highest BCUT2D eigenvalue weighted by Gasteiger charge is 2.01. The molecule has 1 aromatic rings. The van der Waals surface area contributed by atoms with Crippen molar-refractivity contribution in [1.29, 1.82) is 0 Å². The fourth-order valence-corrected chi connectivity index (χ4v) is 1.51. The fraction of sp³-hybridized carbons (Fsp3) is 0.462. The Bertz CT molecular complexity index is 336. The van der Waals surface area contributed by atoms with Crippen molar-refractivity contribution in [2.45, 2.75) is 25.7 Å². The van der Waals surface area contributed by atoms with Gasteiger partial charge < -0.3 is 16.2 Å². The summed E-state index contributed by atoms with van der Waals surface area (Å²) in [6.45, 7) is 1.37. The summed E-state index contributed by atoms with van der Waals surface area (Å²) in [6, 6.07) is 6.93. The minimum absolute atomic E-state index is 0.0649. The molecule has 0 atom stereocenters. The zero-order valence-corrected chi connectivity index (χ0v) is 9.98. The second-order valence-corrected chi connectivity index (χ2v) is 4.01. The van der Waals surface area contributed by atoms with Crippen LogP contribution >= 0.6 is 0 Å².